The molecule has 44 valence electrons. The highest BCUT2D eigenvalue weighted by molar-refractivity contribution is 6.17. The molecule has 1 aliphatic rings. The van der Waals surface area contributed by atoms with Crippen LogP contribution < -0.4 is 5.73 Å². The largest absolute Gasteiger partial charge is 0.327 e. The van der Waals surface area contributed by atoms with Gasteiger partial charge in [0.05, 0.1) is 0 Å². The van der Waals surface area contributed by atoms with Crippen molar-refractivity contribution in [1.29, 1.82) is 0 Å². The van der Waals surface area contributed by atoms with Gasteiger partial charge in [0.15, 0.2) is 5.66 Å². The summed E-state index contributed by atoms with van der Waals surface area (Å²) in [7, 11) is 0. The van der Waals surface area contributed by atoms with Crippen molar-refractivity contribution in [3.63, 3.8) is 0 Å². The number of aliphatic imine (C=N–C) groups is 2. The standard InChI is InChI=1S/C5H9N3/c1-5(4-6)7-2-3-8-5/h2-3H,4,6H2,1H3. The molecule has 1 rings (SSSR count). The van der Waals surface area contributed by atoms with E-state index in [1.54, 1.807) is 12.4 Å². The Hall–Kier alpha value is -0.700. The van der Waals surface area contributed by atoms with Gasteiger partial charge in [-0.2, -0.15) is 0 Å². The minimum Gasteiger partial charge on any atom is -0.327 e. The number of nitrogens with two attached hydrogens (primary N) is 1. The fourth-order valence-corrected chi connectivity index (χ4v) is 0.527. The molecule has 0 aromatic heterocycles. The summed E-state index contributed by atoms with van der Waals surface area (Å²) in [6.07, 6.45) is 3.35. The molecular weight excluding hydrogens is 102 g/mol. The van der Waals surface area contributed by atoms with Gasteiger partial charge in [-0.15, -0.1) is 0 Å². The zero-order valence-corrected chi connectivity index (χ0v) is 4.83. The quantitative estimate of drug-likeness (QED) is 0.501. The first-order valence-corrected chi connectivity index (χ1v) is 2.56. The fourth-order valence-electron chi connectivity index (χ4n) is 0.527. The Morgan fingerprint density at radius 1 is 1.50 bits per heavy atom. The second-order valence-corrected chi connectivity index (χ2v) is 1.98. The summed E-state index contributed by atoms with van der Waals surface area (Å²) in [5.41, 5.74) is 4.99. The maximum atomic E-state index is 5.34. The van der Waals surface area contributed by atoms with Crippen molar-refractivity contribution in [3.8, 4) is 0 Å². The van der Waals surface area contributed by atoms with E-state index in [9.17, 15) is 0 Å². The molecule has 0 saturated heterocycles. The lowest BCUT2D eigenvalue weighted by Gasteiger charge is -2.12. The van der Waals surface area contributed by atoms with Gasteiger partial charge in [0.2, 0.25) is 0 Å². The molecule has 0 aromatic rings. The van der Waals surface area contributed by atoms with Gasteiger partial charge in [0.1, 0.15) is 0 Å². The first kappa shape index (κ1) is 5.44. The van der Waals surface area contributed by atoms with Crippen molar-refractivity contribution >= 4 is 12.4 Å². The van der Waals surface area contributed by atoms with Crippen molar-refractivity contribution in [2.24, 2.45) is 15.7 Å². The highest BCUT2D eigenvalue weighted by Gasteiger charge is 2.19. The first-order chi connectivity index (χ1) is 3.77. The number of rotatable bonds is 1. The van der Waals surface area contributed by atoms with Crippen LogP contribution in [0.3, 0.4) is 0 Å². The Kier molecular flexibility index (Phi) is 1.13. The smallest absolute Gasteiger partial charge is 0.159 e. The second-order valence-electron chi connectivity index (χ2n) is 1.98. The summed E-state index contributed by atoms with van der Waals surface area (Å²) in [4.78, 5) is 8.03. The predicted molar refractivity (Wildman–Crippen MR) is 34.4 cm³/mol. The van der Waals surface area contributed by atoms with E-state index < -0.39 is 0 Å². The first-order valence-electron chi connectivity index (χ1n) is 2.56. The van der Waals surface area contributed by atoms with Crippen LogP contribution in [-0.2, 0) is 0 Å². The molecular formula is C5H9N3. The molecule has 0 radical (unpaired) electrons. The van der Waals surface area contributed by atoms with Gasteiger partial charge in [-0.3, -0.25) is 9.98 Å². The summed E-state index contributed by atoms with van der Waals surface area (Å²) >= 11 is 0. The summed E-state index contributed by atoms with van der Waals surface area (Å²) in [6, 6.07) is 0. The Morgan fingerprint density at radius 3 is 2.25 bits per heavy atom. The van der Waals surface area contributed by atoms with Crippen LogP contribution >= 0.6 is 0 Å². The van der Waals surface area contributed by atoms with Crippen molar-refractivity contribution in [2.45, 2.75) is 12.6 Å². The highest BCUT2D eigenvalue weighted by Crippen LogP contribution is 2.10. The molecule has 0 bridgehead atoms. The summed E-state index contributed by atoms with van der Waals surface area (Å²) < 4.78 is 0. The van der Waals surface area contributed by atoms with Gasteiger partial charge < -0.3 is 5.73 Å². The van der Waals surface area contributed by atoms with Crippen molar-refractivity contribution in [2.75, 3.05) is 6.54 Å². The third kappa shape index (κ3) is 0.767. The molecule has 3 heteroatoms. The van der Waals surface area contributed by atoms with Crippen LogP contribution in [0.15, 0.2) is 9.98 Å². The lowest BCUT2D eigenvalue weighted by atomic mass is 10.2. The van der Waals surface area contributed by atoms with Gasteiger partial charge in [0, 0.05) is 19.0 Å². The third-order valence-corrected chi connectivity index (χ3v) is 1.16. The molecule has 2 N–H and O–H groups in total. The predicted octanol–water partition coefficient (Wildman–Crippen LogP) is -0.183. The van der Waals surface area contributed by atoms with Gasteiger partial charge in [0.25, 0.3) is 0 Å². The molecule has 0 amide bonds. The topological polar surface area (TPSA) is 50.7 Å². The van der Waals surface area contributed by atoms with E-state index in [1.807, 2.05) is 6.92 Å². The monoisotopic (exact) mass is 111 g/mol. The van der Waals surface area contributed by atoms with Crippen LogP contribution in [0.1, 0.15) is 6.92 Å². The van der Waals surface area contributed by atoms with E-state index in [4.69, 9.17) is 5.73 Å². The van der Waals surface area contributed by atoms with E-state index in [0.717, 1.165) is 0 Å². The van der Waals surface area contributed by atoms with E-state index in [2.05, 4.69) is 9.98 Å². The molecule has 1 heterocycles. The maximum absolute atomic E-state index is 5.34. The van der Waals surface area contributed by atoms with E-state index in [-0.39, 0.29) is 5.66 Å². The van der Waals surface area contributed by atoms with Gasteiger partial charge >= 0.3 is 0 Å². The van der Waals surface area contributed by atoms with Gasteiger partial charge in [-0.25, -0.2) is 0 Å². The highest BCUT2D eigenvalue weighted by atomic mass is 15.1. The van der Waals surface area contributed by atoms with Crippen LogP contribution in [-0.4, -0.2) is 24.6 Å². The minimum atomic E-state index is -0.347. The summed E-state index contributed by atoms with van der Waals surface area (Å²) in [6.45, 7) is 2.38. The summed E-state index contributed by atoms with van der Waals surface area (Å²) in [5, 5.41) is 0. The van der Waals surface area contributed by atoms with Crippen LogP contribution in [0.4, 0.5) is 0 Å². The van der Waals surface area contributed by atoms with Crippen LogP contribution in [0.25, 0.3) is 0 Å². The number of hydrogen-bond donors (Lipinski definition) is 1. The number of nitrogens with zero attached hydrogens (tertiary/aromatic N) is 2. The van der Waals surface area contributed by atoms with E-state index >= 15 is 0 Å². The average Bonchev–Trinajstić information content (AvgIpc) is 2.17. The number of hydrogen-bond acceptors (Lipinski definition) is 3. The Balaban J connectivity index is 2.69. The maximum Gasteiger partial charge on any atom is 0.159 e. The molecule has 0 fully saturated rings. The SMILES string of the molecule is CC1(CN)N=CC=N1. The fraction of sp³-hybridized carbons (Fsp3) is 0.600. The van der Waals surface area contributed by atoms with Crippen LogP contribution in [0.5, 0.6) is 0 Å². The van der Waals surface area contributed by atoms with E-state index in [1.165, 1.54) is 0 Å². The molecule has 0 aliphatic carbocycles. The minimum absolute atomic E-state index is 0.347. The molecule has 0 unspecified atom stereocenters. The molecule has 0 spiro atoms. The second kappa shape index (κ2) is 1.67. The zero-order chi connectivity index (χ0) is 6.04. The Morgan fingerprint density at radius 2 is 2.00 bits per heavy atom. The molecule has 0 saturated carbocycles. The van der Waals surface area contributed by atoms with Crippen LogP contribution in [0, 0.1) is 0 Å². The van der Waals surface area contributed by atoms with Crippen LogP contribution in [0.2, 0.25) is 0 Å². The van der Waals surface area contributed by atoms with E-state index in [0.29, 0.717) is 6.54 Å². The summed E-state index contributed by atoms with van der Waals surface area (Å²) in [5.74, 6) is 0. The Bertz CT molecular complexity index is 125. The van der Waals surface area contributed by atoms with Gasteiger partial charge in [-0.05, 0) is 6.92 Å². The molecule has 8 heavy (non-hydrogen) atoms. The molecule has 3 nitrogen and oxygen atoms in total. The lowest BCUT2D eigenvalue weighted by molar-refractivity contribution is 0.523. The third-order valence-electron chi connectivity index (χ3n) is 1.16. The molecule has 0 atom stereocenters. The van der Waals surface area contributed by atoms with Crippen molar-refractivity contribution in [1.82, 2.24) is 0 Å². The zero-order valence-electron chi connectivity index (χ0n) is 4.83. The Labute approximate surface area is 48.3 Å². The molecule has 1 aliphatic heterocycles. The van der Waals surface area contributed by atoms with Gasteiger partial charge in [-0.1, -0.05) is 0 Å². The normalized spacial score (nSPS) is 22.2. The lowest BCUT2D eigenvalue weighted by Crippen LogP contribution is -2.27. The van der Waals surface area contributed by atoms with Crippen molar-refractivity contribution in [3.05, 3.63) is 0 Å². The van der Waals surface area contributed by atoms with Crippen molar-refractivity contribution < 1.29 is 0 Å². The average molecular weight is 111 g/mol. The molecule has 0 aromatic carbocycles.